The van der Waals surface area contributed by atoms with Gasteiger partial charge in [-0.2, -0.15) is 0 Å². The molecular weight excluding hydrogens is 495 g/mol. The van der Waals surface area contributed by atoms with Gasteiger partial charge in [-0.15, -0.1) is 24.0 Å². The number of aryl methyl sites for hydroxylation is 1. The molecule has 2 aliphatic heterocycles. The summed E-state index contributed by atoms with van der Waals surface area (Å²) < 4.78 is 11.4. The molecule has 7 nitrogen and oxygen atoms in total. The van der Waals surface area contributed by atoms with Gasteiger partial charge >= 0.3 is 0 Å². The number of benzene rings is 1. The van der Waals surface area contributed by atoms with Gasteiger partial charge in [0.05, 0.1) is 19.8 Å². The molecule has 0 aliphatic carbocycles. The van der Waals surface area contributed by atoms with Gasteiger partial charge in [-0.1, -0.05) is 12.1 Å². The highest BCUT2D eigenvalue weighted by atomic mass is 127. The molecule has 1 atom stereocenters. The van der Waals surface area contributed by atoms with Crippen molar-refractivity contribution in [1.82, 2.24) is 15.1 Å². The number of aliphatic imine (C=N–C) groups is 1. The average molecular weight is 530 g/mol. The number of amides is 1. The van der Waals surface area contributed by atoms with Crippen LogP contribution in [0.1, 0.15) is 25.3 Å². The normalized spacial score (nSPS) is 19.1. The standard InChI is InChI=1S/C22H34N4O3.HI/c1-17-5-4-6-20(15-17)29-18(2)16-24-22(23-3)26-9-7-19(8-10-26)21(27)25-11-13-28-14-12-25;/h4-6,15,18-19H,7-14,16H2,1-3H3,(H,23,24);1H. The van der Waals surface area contributed by atoms with Crippen molar-refractivity contribution in [2.75, 3.05) is 53.0 Å². The van der Waals surface area contributed by atoms with E-state index < -0.39 is 0 Å². The van der Waals surface area contributed by atoms with Crippen LogP contribution >= 0.6 is 24.0 Å². The number of likely N-dealkylation sites (tertiary alicyclic amines) is 1. The van der Waals surface area contributed by atoms with Crippen molar-refractivity contribution in [1.29, 1.82) is 0 Å². The number of carbonyl (C=O) groups excluding carboxylic acids is 1. The lowest BCUT2D eigenvalue weighted by atomic mass is 9.95. The molecule has 1 N–H and O–H groups in total. The Hall–Kier alpha value is -1.55. The number of nitrogens with one attached hydrogen (secondary N) is 1. The van der Waals surface area contributed by atoms with Crippen LogP contribution in [-0.2, 0) is 9.53 Å². The molecule has 1 amide bonds. The number of carbonyl (C=O) groups is 1. The van der Waals surface area contributed by atoms with Crippen LogP contribution in [0, 0.1) is 12.8 Å². The van der Waals surface area contributed by atoms with Crippen LogP contribution in [0.25, 0.3) is 0 Å². The summed E-state index contributed by atoms with van der Waals surface area (Å²) in [5, 5.41) is 3.42. The Bertz CT molecular complexity index is 701. The molecule has 1 aromatic rings. The molecule has 1 aromatic carbocycles. The molecule has 168 valence electrons. The summed E-state index contributed by atoms with van der Waals surface area (Å²) >= 11 is 0. The zero-order chi connectivity index (χ0) is 20.6. The summed E-state index contributed by atoms with van der Waals surface area (Å²) in [7, 11) is 1.80. The summed E-state index contributed by atoms with van der Waals surface area (Å²) in [6.07, 6.45) is 1.76. The number of halogens is 1. The highest BCUT2D eigenvalue weighted by Crippen LogP contribution is 2.20. The molecule has 0 bridgehead atoms. The topological polar surface area (TPSA) is 66.4 Å². The number of rotatable bonds is 5. The maximum atomic E-state index is 12.7. The van der Waals surface area contributed by atoms with Gasteiger partial charge in [-0.3, -0.25) is 9.79 Å². The molecule has 2 saturated heterocycles. The molecule has 2 aliphatic rings. The van der Waals surface area contributed by atoms with E-state index in [2.05, 4.69) is 35.1 Å². The first kappa shape index (κ1) is 24.7. The van der Waals surface area contributed by atoms with Crippen molar-refractivity contribution in [3.8, 4) is 5.75 Å². The van der Waals surface area contributed by atoms with Crippen LogP contribution in [0.2, 0.25) is 0 Å². The Labute approximate surface area is 197 Å². The van der Waals surface area contributed by atoms with Crippen LogP contribution in [0.5, 0.6) is 5.75 Å². The van der Waals surface area contributed by atoms with Crippen molar-refractivity contribution in [3.05, 3.63) is 29.8 Å². The van der Waals surface area contributed by atoms with E-state index in [-0.39, 0.29) is 41.9 Å². The summed E-state index contributed by atoms with van der Waals surface area (Å²) in [6.45, 7) is 9.23. The predicted octanol–water partition coefficient (Wildman–Crippen LogP) is 2.53. The number of hydrogen-bond donors (Lipinski definition) is 1. The second-order valence-electron chi connectivity index (χ2n) is 7.87. The fourth-order valence-corrected chi connectivity index (χ4v) is 3.91. The van der Waals surface area contributed by atoms with Crippen molar-refractivity contribution >= 4 is 35.8 Å². The molecule has 0 spiro atoms. The zero-order valence-electron chi connectivity index (χ0n) is 18.3. The molecule has 2 heterocycles. The van der Waals surface area contributed by atoms with E-state index in [1.54, 1.807) is 7.05 Å². The highest BCUT2D eigenvalue weighted by Gasteiger charge is 2.30. The van der Waals surface area contributed by atoms with Gasteiger partial charge in [0.1, 0.15) is 11.9 Å². The number of piperidine rings is 1. The van der Waals surface area contributed by atoms with Crippen LogP contribution in [0.3, 0.4) is 0 Å². The summed E-state index contributed by atoms with van der Waals surface area (Å²) in [5.74, 6) is 2.17. The Morgan fingerprint density at radius 1 is 1.23 bits per heavy atom. The van der Waals surface area contributed by atoms with E-state index in [0.717, 1.165) is 50.7 Å². The second-order valence-corrected chi connectivity index (χ2v) is 7.87. The lowest BCUT2D eigenvalue weighted by Gasteiger charge is -2.37. The first-order chi connectivity index (χ1) is 14.1. The molecule has 0 saturated carbocycles. The lowest BCUT2D eigenvalue weighted by Crippen LogP contribution is -2.50. The van der Waals surface area contributed by atoms with E-state index in [0.29, 0.717) is 19.8 Å². The van der Waals surface area contributed by atoms with E-state index in [1.807, 2.05) is 23.1 Å². The molecular formula is C22H35IN4O3. The van der Waals surface area contributed by atoms with Gasteiger partial charge in [-0.05, 0) is 44.4 Å². The van der Waals surface area contributed by atoms with Crippen LogP contribution in [0.15, 0.2) is 29.3 Å². The van der Waals surface area contributed by atoms with Gasteiger partial charge in [0.25, 0.3) is 0 Å². The monoisotopic (exact) mass is 530 g/mol. The van der Waals surface area contributed by atoms with E-state index in [9.17, 15) is 4.79 Å². The Balaban J connectivity index is 0.00000320. The third-order valence-electron chi connectivity index (χ3n) is 5.55. The van der Waals surface area contributed by atoms with Gasteiger partial charge in [0, 0.05) is 39.1 Å². The molecule has 2 fully saturated rings. The van der Waals surface area contributed by atoms with Crippen LogP contribution < -0.4 is 10.1 Å². The Morgan fingerprint density at radius 2 is 1.93 bits per heavy atom. The van der Waals surface area contributed by atoms with Gasteiger partial charge in [0.2, 0.25) is 5.91 Å². The van der Waals surface area contributed by atoms with Gasteiger partial charge in [0.15, 0.2) is 5.96 Å². The summed E-state index contributed by atoms with van der Waals surface area (Å²) in [4.78, 5) is 21.3. The third-order valence-corrected chi connectivity index (χ3v) is 5.55. The largest absolute Gasteiger partial charge is 0.489 e. The van der Waals surface area contributed by atoms with Crippen molar-refractivity contribution < 1.29 is 14.3 Å². The minimum atomic E-state index is 0. The fraction of sp³-hybridized carbons (Fsp3) is 0.636. The number of ether oxygens (including phenoxy) is 2. The Kier molecular flexibility index (Phi) is 10.2. The van der Waals surface area contributed by atoms with Gasteiger partial charge < -0.3 is 24.6 Å². The number of hydrogen-bond acceptors (Lipinski definition) is 4. The summed E-state index contributed by atoms with van der Waals surface area (Å²) in [5.41, 5.74) is 1.19. The molecule has 0 aromatic heterocycles. The quantitative estimate of drug-likeness (QED) is 0.360. The van der Waals surface area contributed by atoms with Crippen LogP contribution in [-0.4, -0.2) is 80.8 Å². The maximum Gasteiger partial charge on any atom is 0.225 e. The van der Waals surface area contributed by atoms with Gasteiger partial charge in [-0.25, -0.2) is 0 Å². The molecule has 1 unspecified atom stereocenters. The first-order valence-corrected chi connectivity index (χ1v) is 10.6. The summed E-state index contributed by atoms with van der Waals surface area (Å²) in [6, 6.07) is 8.09. The predicted molar refractivity (Wildman–Crippen MR) is 130 cm³/mol. The number of nitrogens with zero attached hydrogens (tertiary/aromatic N) is 3. The second kappa shape index (κ2) is 12.3. The lowest BCUT2D eigenvalue weighted by molar-refractivity contribution is -0.140. The molecule has 0 radical (unpaired) electrons. The minimum Gasteiger partial charge on any atom is -0.489 e. The Morgan fingerprint density at radius 3 is 2.57 bits per heavy atom. The first-order valence-electron chi connectivity index (χ1n) is 10.6. The van der Waals surface area contributed by atoms with Crippen LogP contribution in [0.4, 0.5) is 0 Å². The highest BCUT2D eigenvalue weighted by molar-refractivity contribution is 14.0. The third kappa shape index (κ3) is 7.01. The maximum absolute atomic E-state index is 12.7. The number of guanidine groups is 1. The van der Waals surface area contributed by atoms with Crippen molar-refractivity contribution in [3.63, 3.8) is 0 Å². The fourth-order valence-electron chi connectivity index (χ4n) is 3.91. The van der Waals surface area contributed by atoms with Crippen molar-refractivity contribution in [2.45, 2.75) is 32.8 Å². The SMILES string of the molecule is CN=C(NCC(C)Oc1cccc(C)c1)N1CCC(C(=O)N2CCOCC2)CC1.I. The van der Waals surface area contributed by atoms with E-state index in [4.69, 9.17) is 9.47 Å². The minimum absolute atomic E-state index is 0. The average Bonchev–Trinajstić information content (AvgIpc) is 2.75. The molecule has 3 rings (SSSR count). The van der Waals surface area contributed by atoms with Crippen molar-refractivity contribution in [2.24, 2.45) is 10.9 Å². The zero-order valence-corrected chi connectivity index (χ0v) is 20.6. The smallest absolute Gasteiger partial charge is 0.225 e. The molecule has 8 heteroatoms. The molecule has 30 heavy (non-hydrogen) atoms. The van der Waals surface area contributed by atoms with E-state index in [1.165, 1.54) is 5.56 Å². The van der Waals surface area contributed by atoms with E-state index >= 15 is 0 Å². The number of morpholine rings is 1.